The second-order valence-corrected chi connectivity index (χ2v) is 5.52. The Kier molecular flexibility index (Phi) is 4.09. The minimum Gasteiger partial charge on any atom is -0.466 e. The van der Waals surface area contributed by atoms with Crippen LogP contribution in [0.1, 0.15) is 23.6 Å². The first-order valence-electron chi connectivity index (χ1n) is 7.66. The van der Waals surface area contributed by atoms with Gasteiger partial charge in [0, 0.05) is 18.8 Å². The molecule has 0 fully saturated rings. The van der Waals surface area contributed by atoms with E-state index in [4.69, 9.17) is 4.74 Å². The lowest BCUT2D eigenvalue weighted by Gasteiger charge is -2.26. The molecule has 0 atom stereocenters. The van der Waals surface area contributed by atoms with E-state index in [1.54, 1.807) is 0 Å². The summed E-state index contributed by atoms with van der Waals surface area (Å²) in [5.74, 6) is -0.141. The number of benzene rings is 1. The van der Waals surface area contributed by atoms with E-state index in [1.165, 1.54) is 16.8 Å². The van der Waals surface area contributed by atoms with Crippen molar-refractivity contribution in [3.8, 4) is 0 Å². The van der Waals surface area contributed by atoms with Crippen molar-refractivity contribution < 1.29 is 9.53 Å². The van der Waals surface area contributed by atoms with Crippen molar-refractivity contribution in [2.75, 3.05) is 19.7 Å². The SMILES string of the molecule is CCOC(=O)Cc1ccc2c(c1)CCN(C1=CC=C1)CC2. The van der Waals surface area contributed by atoms with Crippen molar-refractivity contribution in [3.63, 3.8) is 0 Å². The third-order valence-electron chi connectivity index (χ3n) is 4.13. The number of hydrogen-bond donors (Lipinski definition) is 0. The lowest BCUT2D eigenvalue weighted by atomic mass is 9.99. The molecule has 0 aromatic heterocycles. The minimum absolute atomic E-state index is 0.141. The van der Waals surface area contributed by atoms with Crippen LogP contribution in [0, 0.1) is 0 Å². The maximum absolute atomic E-state index is 11.6. The Hall–Kier alpha value is -2.03. The van der Waals surface area contributed by atoms with Crippen LogP contribution >= 0.6 is 0 Å². The van der Waals surface area contributed by atoms with Crippen molar-refractivity contribution >= 4 is 5.97 Å². The third kappa shape index (κ3) is 3.18. The zero-order valence-electron chi connectivity index (χ0n) is 12.5. The molecule has 0 amide bonds. The Morgan fingerprint density at radius 1 is 1.24 bits per heavy atom. The molecule has 21 heavy (non-hydrogen) atoms. The lowest BCUT2D eigenvalue weighted by Crippen LogP contribution is -2.26. The number of ether oxygens (including phenoxy) is 1. The lowest BCUT2D eigenvalue weighted by molar-refractivity contribution is -0.142. The van der Waals surface area contributed by atoms with Gasteiger partial charge in [0.2, 0.25) is 0 Å². The van der Waals surface area contributed by atoms with Crippen LogP contribution in [0.4, 0.5) is 0 Å². The molecule has 0 saturated heterocycles. The van der Waals surface area contributed by atoms with Crippen molar-refractivity contribution in [3.05, 3.63) is 58.8 Å². The van der Waals surface area contributed by atoms with Gasteiger partial charge in [0.1, 0.15) is 0 Å². The highest BCUT2D eigenvalue weighted by Gasteiger charge is 2.17. The van der Waals surface area contributed by atoms with E-state index >= 15 is 0 Å². The summed E-state index contributed by atoms with van der Waals surface area (Å²) in [6, 6.07) is 6.42. The first-order chi connectivity index (χ1) is 10.3. The van der Waals surface area contributed by atoms with E-state index in [1.807, 2.05) is 6.92 Å². The van der Waals surface area contributed by atoms with E-state index in [2.05, 4.69) is 41.3 Å². The molecule has 0 saturated carbocycles. The van der Waals surface area contributed by atoms with Crippen LogP contribution in [-0.2, 0) is 28.8 Å². The molecule has 0 unspecified atom stereocenters. The summed E-state index contributed by atoms with van der Waals surface area (Å²) in [6.45, 7) is 4.40. The Labute approximate surface area is 125 Å². The fourth-order valence-corrected chi connectivity index (χ4v) is 2.92. The van der Waals surface area contributed by atoms with Gasteiger partial charge >= 0.3 is 5.97 Å². The van der Waals surface area contributed by atoms with Gasteiger partial charge in [-0.05, 0) is 48.6 Å². The molecule has 0 spiro atoms. The van der Waals surface area contributed by atoms with Gasteiger partial charge in [0.05, 0.1) is 13.0 Å². The highest BCUT2D eigenvalue weighted by atomic mass is 16.5. The van der Waals surface area contributed by atoms with Crippen LogP contribution < -0.4 is 0 Å². The maximum atomic E-state index is 11.6. The number of hydrogen-bond acceptors (Lipinski definition) is 3. The van der Waals surface area contributed by atoms with Crippen molar-refractivity contribution in [1.29, 1.82) is 0 Å². The van der Waals surface area contributed by atoms with E-state index < -0.39 is 0 Å². The van der Waals surface area contributed by atoms with Crippen LogP contribution in [0.15, 0.2) is 42.1 Å². The molecular weight excluding hydrogens is 262 g/mol. The second kappa shape index (κ2) is 6.17. The smallest absolute Gasteiger partial charge is 0.310 e. The Morgan fingerprint density at radius 2 is 2.00 bits per heavy atom. The molecule has 2 aliphatic rings. The number of rotatable bonds is 4. The summed E-state index contributed by atoms with van der Waals surface area (Å²) >= 11 is 0. The Bertz CT molecular complexity index is 601. The first-order valence-corrected chi connectivity index (χ1v) is 7.66. The molecule has 3 heteroatoms. The van der Waals surface area contributed by atoms with Gasteiger partial charge in [-0.25, -0.2) is 0 Å². The predicted octanol–water partition coefficient (Wildman–Crippen LogP) is 2.65. The molecule has 1 aliphatic heterocycles. The van der Waals surface area contributed by atoms with Crippen molar-refractivity contribution in [1.82, 2.24) is 4.90 Å². The average Bonchev–Trinajstić information content (AvgIpc) is 2.60. The number of esters is 1. The van der Waals surface area contributed by atoms with E-state index in [0.29, 0.717) is 13.0 Å². The maximum Gasteiger partial charge on any atom is 0.310 e. The Balaban J connectivity index is 1.69. The Morgan fingerprint density at radius 3 is 2.67 bits per heavy atom. The predicted molar refractivity (Wildman–Crippen MR) is 83.0 cm³/mol. The molecule has 0 N–H and O–H groups in total. The van der Waals surface area contributed by atoms with Gasteiger partial charge in [-0.1, -0.05) is 24.3 Å². The van der Waals surface area contributed by atoms with E-state index in [-0.39, 0.29) is 5.97 Å². The van der Waals surface area contributed by atoms with Gasteiger partial charge in [0.25, 0.3) is 0 Å². The molecule has 3 rings (SSSR count). The fourth-order valence-electron chi connectivity index (χ4n) is 2.92. The van der Waals surface area contributed by atoms with Crippen LogP contribution in [-0.4, -0.2) is 30.6 Å². The molecule has 3 nitrogen and oxygen atoms in total. The van der Waals surface area contributed by atoms with Gasteiger partial charge in [-0.2, -0.15) is 0 Å². The summed E-state index contributed by atoms with van der Waals surface area (Å²) in [6.07, 6.45) is 8.91. The zero-order chi connectivity index (χ0) is 14.7. The molecule has 110 valence electrons. The molecule has 0 radical (unpaired) electrons. The summed E-state index contributed by atoms with van der Waals surface area (Å²) in [5, 5.41) is 0. The highest BCUT2D eigenvalue weighted by molar-refractivity contribution is 5.72. The van der Waals surface area contributed by atoms with Crippen molar-refractivity contribution in [2.24, 2.45) is 0 Å². The summed E-state index contributed by atoms with van der Waals surface area (Å²) in [4.78, 5) is 14.0. The summed E-state index contributed by atoms with van der Waals surface area (Å²) in [5.41, 5.74) is 5.19. The van der Waals surface area contributed by atoms with Crippen molar-refractivity contribution in [2.45, 2.75) is 26.2 Å². The van der Waals surface area contributed by atoms with E-state index in [9.17, 15) is 4.79 Å². The van der Waals surface area contributed by atoms with Gasteiger partial charge < -0.3 is 9.64 Å². The average molecular weight is 283 g/mol. The fraction of sp³-hybridized carbons (Fsp3) is 0.389. The molecule has 1 heterocycles. The summed E-state index contributed by atoms with van der Waals surface area (Å²) in [7, 11) is 0. The largest absolute Gasteiger partial charge is 0.466 e. The van der Waals surface area contributed by atoms with Gasteiger partial charge in [-0.3, -0.25) is 4.79 Å². The van der Waals surface area contributed by atoms with Gasteiger partial charge in [0.15, 0.2) is 0 Å². The van der Waals surface area contributed by atoms with E-state index in [0.717, 1.165) is 31.5 Å². The number of nitrogens with zero attached hydrogens (tertiary/aromatic N) is 1. The van der Waals surface area contributed by atoms with Crippen LogP contribution in [0.2, 0.25) is 0 Å². The molecule has 1 aromatic rings. The number of carbonyl (C=O) groups excluding carboxylic acids is 1. The number of allylic oxidation sites excluding steroid dienone is 3. The molecule has 0 bridgehead atoms. The van der Waals surface area contributed by atoms with Gasteiger partial charge in [-0.15, -0.1) is 0 Å². The zero-order valence-corrected chi connectivity index (χ0v) is 12.5. The summed E-state index contributed by atoms with van der Waals surface area (Å²) < 4.78 is 5.02. The standard InChI is InChI=1S/C18H21NO2/c1-2-21-18(20)13-14-6-7-15-8-10-19(17-4-3-5-17)11-9-16(15)12-14/h3-7,12H,2,8-11,13H2,1H3. The normalized spacial score (nSPS) is 16.6. The topological polar surface area (TPSA) is 29.5 Å². The van der Waals surface area contributed by atoms with Crippen LogP contribution in [0.5, 0.6) is 0 Å². The monoisotopic (exact) mass is 283 g/mol. The third-order valence-corrected chi connectivity index (χ3v) is 4.13. The number of fused-ring (bicyclic) bond motifs is 1. The molecule has 1 aromatic carbocycles. The molecule has 1 aliphatic carbocycles. The van der Waals surface area contributed by atoms with Crippen LogP contribution in [0.25, 0.3) is 0 Å². The van der Waals surface area contributed by atoms with Crippen LogP contribution in [0.3, 0.4) is 0 Å². The number of carbonyl (C=O) groups is 1. The quantitative estimate of drug-likeness (QED) is 0.796. The first kappa shape index (κ1) is 13.9. The minimum atomic E-state index is -0.141. The molecular formula is C18H21NO2. The highest BCUT2D eigenvalue weighted by Crippen LogP contribution is 2.22. The second-order valence-electron chi connectivity index (χ2n) is 5.52.